The Hall–Kier alpha value is -1.75. The predicted molar refractivity (Wildman–Crippen MR) is 73.3 cm³/mol. The third-order valence-electron chi connectivity index (χ3n) is 3.50. The van der Waals surface area contributed by atoms with Crippen LogP contribution in [0.2, 0.25) is 0 Å². The number of carbonyl (C=O) groups is 1. The number of methoxy groups -OCH3 is 1. The normalized spacial score (nSPS) is 20.0. The molecule has 2 unspecified atom stereocenters. The average Bonchev–Trinajstić information content (AvgIpc) is 2.92. The number of benzene rings is 1. The fourth-order valence-electron chi connectivity index (χ4n) is 2.24. The van der Waals surface area contributed by atoms with Gasteiger partial charge in [0.1, 0.15) is 5.75 Å². The van der Waals surface area contributed by atoms with Gasteiger partial charge < -0.3 is 20.5 Å². The van der Waals surface area contributed by atoms with Gasteiger partial charge in [0.25, 0.3) is 5.91 Å². The molecular weight excluding hydrogens is 244 g/mol. The van der Waals surface area contributed by atoms with Crippen molar-refractivity contribution in [3.63, 3.8) is 0 Å². The predicted octanol–water partition coefficient (Wildman–Crippen LogP) is 1.43. The second-order valence-corrected chi connectivity index (χ2v) is 4.85. The molecular formula is C14H20N2O3. The van der Waals surface area contributed by atoms with E-state index < -0.39 is 0 Å². The van der Waals surface area contributed by atoms with E-state index in [1.165, 1.54) is 7.11 Å². The van der Waals surface area contributed by atoms with Crippen molar-refractivity contribution in [2.24, 2.45) is 5.92 Å². The Labute approximate surface area is 113 Å². The van der Waals surface area contributed by atoms with E-state index in [9.17, 15) is 4.79 Å². The molecule has 104 valence electrons. The number of nitrogen functional groups attached to an aromatic ring is 1. The maximum absolute atomic E-state index is 12.2. The lowest BCUT2D eigenvalue weighted by Gasteiger charge is -2.20. The number of nitrogens with one attached hydrogen (secondary N) is 1. The van der Waals surface area contributed by atoms with Crippen molar-refractivity contribution >= 4 is 11.6 Å². The van der Waals surface area contributed by atoms with Crippen LogP contribution in [-0.4, -0.2) is 32.3 Å². The van der Waals surface area contributed by atoms with Crippen LogP contribution < -0.4 is 15.8 Å². The van der Waals surface area contributed by atoms with E-state index in [2.05, 4.69) is 5.32 Å². The van der Waals surface area contributed by atoms with Crippen molar-refractivity contribution in [2.45, 2.75) is 19.4 Å². The van der Waals surface area contributed by atoms with E-state index in [0.717, 1.165) is 13.0 Å². The van der Waals surface area contributed by atoms with E-state index in [1.807, 2.05) is 6.92 Å². The van der Waals surface area contributed by atoms with E-state index in [4.69, 9.17) is 15.2 Å². The highest BCUT2D eigenvalue weighted by Crippen LogP contribution is 2.22. The molecule has 1 heterocycles. The van der Waals surface area contributed by atoms with Crippen molar-refractivity contribution in [1.29, 1.82) is 0 Å². The Bertz CT molecular complexity index is 456. The van der Waals surface area contributed by atoms with Gasteiger partial charge in [0, 0.05) is 30.3 Å². The molecule has 1 fully saturated rings. The van der Waals surface area contributed by atoms with Crippen molar-refractivity contribution < 1.29 is 14.3 Å². The first kappa shape index (κ1) is 13.7. The van der Waals surface area contributed by atoms with Crippen LogP contribution >= 0.6 is 0 Å². The van der Waals surface area contributed by atoms with Gasteiger partial charge in [-0.3, -0.25) is 4.79 Å². The highest BCUT2D eigenvalue weighted by atomic mass is 16.5. The van der Waals surface area contributed by atoms with Gasteiger partial charge in [-0.25, -0.2) is 0 Å². The molecule has 0 saturated carbocycles. The van der Waals surface area contributed by atoms with Crippen LogP contribution in [0.15, 0.2) is 18.2 Å². The summed E-state index contributed by atoms with van der Waals surface area (Å²) < 4.78 is 10.5. The van der Waals surface area contributed by atoms with Crippen molar-refractivity contribution in [3.05, 3.63) is 23.8 Å². The molecule has 2 atom stereocenters. The minimum atomic E-state index is -0.142. The standard InChI is InChI=1S/C14H20N2O3/c1-9(10-5-6-19-8-10)16-14(17)12-4-3-11(15)7-13(12)18-2/h3-4,7,9-10H,5-6,8,15H2,1-2H3,(H,16,17). The number of hydrogen-bond donors (Lipinski definition) is 2. The molecule has 1 aliphatic rings. The van der Waals surface area contributed by atoms with Gasteiger partial charge in [0.15, 0.2) is 0 Å². The summed E-state index contributed by atoms with van der Waals surface area (Å²) in [7, 11) is 1.53. The lowest BCUT2D eigenvalue weighted by atomic mass is 10.0. The highest BCUT2D eigenvalue weighted by Gasteiger charge is 2.24. The first-order chi connectivity index (χ1) is 9.11. The molecule has 5 nitrogen and oxygen atoms in total. The van der Waals surface area contributed by atoms with Crippen molar-refractivity contribution in [1.82, 2.24) is 5.32 Å². The van der Waals surface area contributed by atoms with Crippen LogP contribution in [0.3, 0.4) is 0 Å². The molecule has 1 aromatic carbocycles. The number of rotatable bonds is 4. The molecule has 0 aromatic heterocycles. The quantitative estimate of drug-likeness (QED) is 0.807. The fraction of sp³-hybridized carbons (Fsp3) is 0.500. The second-order valence-electron chi connectivity index (χ2n) is 4.85. The summed E-state index contributed by atoms with van der Waals surface area (Å²) in [5.74, 6) is 0.729. The molecule has 1 saturated heterocycles. The number of ether oxygens (including phenoxy) is 2. The topological polar surface area (TPSA) is 73.6 Å². The van der Waals surface area contributed by atoms with Crippen LogP contribution in [0, 0.1) is 5.92 Å². The van der Waals surface area contributed by atoms with Gasteiger partial charge in [-0.1, -0.05) is 0 Å². The molecule has 19 heavy (non-hydrogen) atoms. The number of amides is 1. The van der Waals surface area contributed by atoms with Gasteiger partial charge in [0.2, 0.25) is 0 Å². The summed E-state index contributed by atoms with van der Waals surface area (Å²) in [6, 6.07) is 5.11. The van der Waals surface area contributed by atoms with E-state index in [1.54, 1.807) is 18.2 Å². The molecule has 5 heteroatoms. The van der Waals surface area contributed by atoms with Crippen LogP contribution in [-0.2, 0) is 4.74 Å². The summed E-state index contributed by atoms with van der Waals surface area (Å²) in [6.45, 7) is 3.48. The largest absolute Gasteiger partial charge is 0.496 e. The van der Waals surface area contributed by atoms with Gasteiger partial charge in [-0.05, 0) is 25.5 Å². The number of carbonyl (C=O) groups excluding carboxylic acids is 1. The Morgan fingerprint density at radius 2 is 2.37 bits per heavy atom. The Morgan fingerprint density at radius 1 is 1.58 bits per heavy atom. The maximum Gasteiger partial charge on any atom is 0.255 e. The van der Waals surface area contributed by atoms with E-state index in [0.29, 0.717) is 29.5 Å². The van der Waals surface area contributed by atoms with Crippen molar-refractivity contribution in [2.75, 3.05) is 26.1 Å². The minimum Gasteiger partial charge on any atom is -0.496 e. The first-order valence-electron chi connectivity index (χ1n) is 6.44. The molecule has 0 aliphatic carbocycles. The second kappa shape index (κ2) is 5.93. The van der Waals surface area contributed by atoms with E-state index >= 15 is 0 Å². The van der Waals surface area contributed by atoms with Gasteiger partial charge >= 0.3 is 0 Å². The zero-order valence-electron chi connectivity index (χ0n) is 11.3. The van der Waals surface area contributed by atoms with Crippen LogP contribution in [0.4, 0.5) is 5.69 Å². The third-order valence-corrected chi connectivity index (χ3v) is 3.50. The van der Waals surface area contributed by atoms with Gasteiger partial charge in [0.05, 0.1) is 19.3 Å². The van der Waals surface area contributed by atoms with Crippen LogP contribution in [0.25, 0.3) is 0 Å². The smallest absolute Gasteiger partial charge is 0.255 e. The Morgan fingerprint density at radius 3 is 3.00 bits per heavy atom. The lowest BCUT2D eigenvalue weighted by molar-refractivity contribution is 0.0919. The van der Waals surface area contributed by atoms with Gasteiger partial charge in [-0.2, -0.15) is 0 Å². The third kappa shape index (κ3) is 3.17. The summed E-state index contributed by atoms with van der Waals surface area (Å²) in [5, 5.41) is 2.99. The monoisotopic (exact) mass is 264 g/mol. The SMILES string of the molecule is COc1cc(N)ccc1C(=O)NC(C)C1CCOC1. The molecule has 0 bridgehead atoms. The molecule has 1 aromatic rings. The fourth-order valence-corrected chi connectivity index (χ4v) is 2.24. The lowest BCUT2D eigenvalue weighted by Crippen LogP contribution is -2.38. The maximum atomic E-state index is 12.2. The highest BCUT2D eigenvalue weighted by molar-refractivity contribution is 5.97. The number of hydrogen-bond acceptors (Lipinski definition) is 4. The van der Waals surface area contributed by atoms with Crippen LogP contribution in [0.5, 0.6) is 5.75 Å². The summed E-state index contributed by atoms with van der Waals surface area (Å²) in [4.78, 5) is 12.2. The van der Waals surface area contributed by atoms with Crippen LogP contribution in [0.1, 0.15) is 23.7 Å². The summed E-state index contributed by atoms with van der Waals surface area (Å²) in [6.07, 6.45) is 0.986. The minimum absolute atomic E-state index is 0.0808. The first-order valence-corrected chi connectivity index (χ1v) is 6.44. The molecule has 2 rings (SSSR count). The number of nitrogens with two attached hydrogens (primary N) is 1. The molecule has 1 amide bonds. The van der Waals surface area contributed by atoms with Gasteiger partial charge in [-0.15, -0.1) is 0 Å². The molecule has 0 radical (unpaired) electrons. The Balaban J connectivity index is 2.06. The molecule has 1 aliphatic heterocycles. The van der Waals surface area contributed by atoms with E-state index in [-0.39, 0.29) is 11.9 Å². The Kier molecular flexibility index (Phi) is 4.27. The summed E-state index contributed by atoms with van der Waals surface area (Å²) in [5.41, 5.74) is 6.75. The molecule has 0 spiro atoms. The zero-order valence-corrected chi connectivity index (χ0v) is 11.3. The molecule has 3 N–H and O–H groups in total. The average molecular weight is 264 g/mol. The van der Waals surface area contributed by atoms with Crippen molar-refractivity contribution in [3.8, 4) is 5.75 Å². The summed E-state index contributed by atoms with van der Waals surface area (Å²) >= 11 is 0. The zero-order chi connectivity index (χ0) is 13.8. The number of anilines is 1.